The van der Waals surface area contributed by atoms with Crippen molar-refractivity contribution < 1.29 is 14.3 Å². The predicted octanol–water partition coefficient (Wildman–Crippen LogP) is 3.68. The molecule has 1 saturated heterocycles. The zero-order valence-electron chi connectivity index (χ0n) is 13.5. The fourth-order valence-corrected chi connectivity index (χ4v) is 3.62. The Labute approximate surface area is 141 Å². The van der Waals surface area contributed by atoms with Gasteiger partial charge in [0.15, 0.2) is 0 Å². The standard InChI is InChI=1S/C20H19NO3/c1-20(15-10-6-3-7-11-15)12-16(20)18(22)21-17(13-24-19(21)23)14-8-4-2-5-9-14/h2-11,16-17H,12-13H2,1H3/t16-,17-,20+/m1/s1. The van der Waals surface area contributed by atoms with Gasteiger partial charge in [-0.3, -0.25) is 4.79 Å². The van der Waals surface area contributed by atoms with Crippen LogP contribution >= 0.6 is 0 Å². The number of nitrogens with zero attached hydrogens (tertiary/aromatic N) is 1. The van der Waals surface area contributed by atoms with Crippen molar-refractivity contribution in [3.05, 3.63) is 71.8 Å². The molecule has 0 unspecified atom stereocenters. The van der Waals surface area contributed by atoms with Crippen LogP contribution in [-0.4, -0.2) is 23.5 Å². The molecule has 24 heavy (non-hydrogen) atoms. The topological polar surface area (TPSA) is 46.6 Å². The molecule has 1 saturated carbocycles. The van der Waals surface area contributed by atoms with E-state index in [1.165, 1.54) is 4.90 Å². The van der Waals surface area contributed by atoms with Crippen LogP contribution in [0.3, 0.4) is 0 Å². The van der Waals surface area contributed by atoms with Crippen LogP contribution in [0.25, 0.3) is 0 Å². The fraction of sp³-hybridized carbons (Fsp3) is 0.300. The molecule has 2 aromatic carbocycles. The summed E-state index contributed by atoms with van der Waals surface area (Å²) in [6, 6.07) is 19.3. The second kappa shape index (κ2) is 5.48. The summed E-state index contributed by atoms with van der Waals surface area (Å²) in [7, 11) is 0. The van der Waals surface area contributed by atoms with Crippen molar-refractivity contribution in [2.24, 2.45) is 5.92 Å². The monoisotopic (exact) mass is 321 g/mol. The first-order valence-corrected chi connectivity index (χ1v) is 8.21. The number of amides is 2. The van der Waals surface area contributed by atoms with E-state index in [0.29, 0.717) is 0 Å². The zero-order valence-corrected chi connectivity index (χ0v) is 13.5. The minimum atomic E-state index is -0.531. The van der Waals surface area contributed by atoms with Gasteiger partial charge < -0.3 is 4.74 Å². The Kier molecular flexibility index (Phi) is 3.41. The Morgan fingerprint density at radius 3 is 2.38 bits per heavy atom. The van der Waals surface area contributed by atoms with E-state index >= 15 is 0 Å². The van der Waals surface area contributed by atoms with Crippen molar-refractivity contribution >= 4 is 12.0 Å². The number of hydrogen-bond donors (Lipinski definition) is 0. The summed E-state index contributed by atoms with van der Waals surface area (Å²) < 4.78 is 5.17. The molecule has 0 bridgehead atoms. The highest BCUT2D eigenvalue weighted by atomic mass is 16.6. The molecule has 2 fully saturated rings. The van der Waals surface area contributed by atoms with Gasteiger partial charge in [-0.1, -0.05) is 67.6 Å². The number of imide groups is 1. The second-order valence-electron chi connectivity index (χ2n) is 6.75. The van der Waals surface area contributed by atoms with E-state index < -0.39 is 6.09 Å². The minimum Gasteiger partial charge on any atom is -0.446 e. The summed E-state index contributed by atoms with van der Waals surface area (Å²) in [5, 5.41) is 0. The lowest BCUT2D eigenvalue weighted by Gasteiger charge is -2.21. The van der Waals surface area contributed by atoms with Crippen molar-refractivity contribution in [1.82, 2.24) is 4.90 Å². The van der Waals surface area contributed by atoms with Gasteiger partial charge >= 0.3 is 6.09 Å². The van der Waals surface area contributed by atoms with Gasteiger partial charge in [0.1, 0.15) is 12.6 Å². The average molecular weight is 321 g/mol. The Hall–Kier alpha value is -2.62. The molecule has 2 aromatic rings. The summed E-state index contributed by atoms with van der Waals surface area (Å²) in [6.07, 6.45) is 0.234. The Balaban J connectivity index is 1.59. The predicted molar refractivity (Wildman–Crippen MR) is 89.3 cm³/mol. The number of hydrogen-bond acceptors (Lipinski definition) is 3. The van der Waals surface area contributed by atoms with Gasteiger partial charge in [-0.25, -0.2) is 9.69 Å². The van der Waals surface area contributed by atoms with Crippen LogP contribution in [0, 0.1) is 5.92 Å². The van der Waals surface area contributed by atoms with Crippen molar-refractivity contribution in [3.63, 3.8) is 0 Å². The van der Waals surface area contributed by atoms with Crippen LogP contribution in [0.1, 0.15) is 30.5 Å². The van der Waals surface area contributed by atoms with Crippen LogP contribution < -0.4 is 0 Å². The molecule has 0 spiro atoms. The first-order valence-electron chi connectivity index (χ1n) is 8.21. The lowest BCUT2D eigenvalue weighted by molar-refractivity contribution is -0.131. The number of benzene rings is 2. The van der Waals surface area contributed by atoms with Crippen LogP contribution in [0.15, 0.2) is 60.7 Å². The summed E-state index contributed by atoms with van der Waals surface area (Å²) >= 11 is 0. The van der Waals surface area contributed by atoms with Gasteiger partial charge in [-0.15, -0.1) is 0 Å². The SMILES string of the molecule is C[C@@]1(c2ccccc2)C[C@@H]1C(=O)N1C(=O)OC[C@@H]1c1ccccc1. The highest BCUT2D eigenvalue weighted by molar-refractivity contribution is 5.97. The lowest BCUT2D eigenvalue weighted by Crippen LogP contribution is -2.36. The molecule has 122 valence electrons. The molecule has 2 amide bonds. The van der Waals surface area contributed by atoms with Crippen molar-refractivity contribution in [1.29, 1.82) is 0 Å². The van der Waals surface area contributed by atoms with E-state index in [9.17, 15) is 9.59 Å². The van der Waals surface area contributed by atoms with E-state index in [4.69, 9.17) is 4.74 Å². The van der Waals surface area contributed by atoms with Crippen molar-refractivity contribution in [3.8, 4) is 0 Å². The maximum Gasteiger partial charge on any atom is 0.417 e. The number of rotatable bonds is 3. The largest absolute Gasteiger partial charge is 0.446 e. The van der Waals surface area contributed by atoms with Crippen LogP contribution in [-0.2, 0) is 14.9 Å². The molecular weight excluding hydrogens is 302 g/mol. The van der Waals surface area contributed by atoms with Crippen LogP contribution in [0.4, 0.5) is 4.79 Å². The average Bonchev–Trinajstić information content (AvgIpc) is 3.18. The van der Waals surface area contributed by atoms with Gasteiger partial charge in [0.2, 0.25) is 5.91 Å². The molecule has 4 heteroatoms. The molecule has 1 heterocycles. The van der Waals surface area contributed by atoms with Gasteiger partial charge in [-0.05, 0) is 17.5 Å². The molecule has 0 N–H and O–H groups in total. The summed E-state index contributed by atoms with van der Waals surface area (Å²) in [4.78, 5) is 26.5. The first kappa shape index (κ1) is 14.9. The summed E-state index contributed by atoms with van der Waals surface area (Å²) in [5.41, 5.74) is 1.88. The first-order chi connectivity index (χ1) is 11.6. The lowest BCUT2D eigenvalue weighted by atomic mass is 9.95. The zero-order chi connectivity index (χ0) is 16.7. The Morgan fingerprint density at radius 1 is 1.08 bits per heavy atom. The van der Waals surface area contributed by atoms with Gasteiger partial charge in [0.05, 0.1) is 0 Å². The van der Waals surface area contributed by atoms with E-state index in [2.05, 4.69) is 6.92 Å². The third-order valence-corrected chi connectivity index (χ3v) is 5.26. The number of ether oxygens (including phenoxy) is 1. The third-order valence-electron chi connectivity index (χ3n) is 5.26. The molecule has 4 nitrogen and oxygen atoms in total. The smallest absolute Gasteiger partial charge is 0.417 e. The van der Waals surface area contributed by atoms with Crippen LogP contribution in [0.5, 0.6) is 0 Å². The maximum absolute atomic E-state index is 13.0. The molecule has 0 radical (unpaired) electrons. The molecule has 0 aromatic heterocycles. The van der Waals surface area contributed by atoms with Crippen molar-refractivity contribution in [2.45, 2.75) is 24.8 Å². The quantitative estimate of drug-likeness (QED) is 0.866. The summed E-state index contributed by atoms with van der Waals surface area (Å²) in [5.74, 6) is -0.297. The van der Waals surface area contributed by atoms with E-state index in [1.807, 2.05) is 60.7 Å². The fourth-order valence-electron chi connectivity index (χ4n) is 3.62. The van der Waals surface area contributed by atoms with E-state index in [1.54, 1.807) is 0 Å². The molecule has 4 rings (SSSR count). The maximum atomic E-state index is 13.0. The second-order valence-corrected chi connectivity index (χ2v) is 6.75. The molecule has 1 aliphatic heterocycles. The highest BCUT2D eigenvalue weighted by Gasteiger charge is 2.59. The van der Waals surface area contributed by atoms with Gasteiger partial charge in [-0.2, -0.15) is 0 Å². The number of carbonyl (C=O) groups excluding carboxylic acids is 2. The highest BCUT2D eigenvalue weighted by Crippen LogP contribution is 2.55. The summed E-state index contributed by atoms with van der Waals surface area (Å²) in [6.45, 7) is 2.31. The van der Waals surface area contributed by atoms with Gasteiger partial charge in [0, 0.05) is 11.3 Å². The van der Waals surface area contributed by atoms with Crippen molar-refractivity contribution in [2.75, 3.05) is 6.61 Å². The molecule has 1 aliphatic carbocycles. The van der Waals surface area contributed by atoms with E-state index in [0.717, 1.165) is 17.5 Å². The van der Waals surface area contributed by atoms with E-state index in [-0.39, 0.29) is 29.9 Å². The number of cyclic esters (lactones) is 1. The Morgan fingerprint density at radius 2 is 1.71 bits per heavy atom. The number of carbonyl (C=O) groups is 2. The Bertz CT molecular complexity index is 774. The molecule has 2 aliphatic rings. The van der Waals surface area contributed by atoms with Crippen LogP contribution in [0.2, 0.25) is 0 Å². The normalized spacial score (nSPS) is 28.5. The molecular formula is C20H19NO3. The molecule has 3 atom stereocenters. The third kappa shape index (κ3) is 2.30. The van der Waals surface area contributed by atoms with Gasteiger partial charge in [0.25, 0.3) is 0 Å². The minimum absolute atomic E-state index is 0.127.